The second-order valence-electron chi connectivity index (χ2n) is 7.90. The van der Waals surface area contributed by atoms with E-state index in [2.05, 4.69) is 32.7 Å². The Balaban J connectivity index is 1.83. The fourth-order valence-corrected chi connectivity index (χ4v) is 3.70. The second-order valence-corrected chi connectivity index (χ2v) is 7.90. The number of piperazine rings is 1. The molecule has 6 nitrogen and oxygen atoms in total. The van der Waals surface area contributed by atoms with Crippen LogP contribution in [0, 0.1) is 0 Å². The Kier molecular flexibility index (Phi) is 6.39. The molecule has 6 heteroatoms. The lowest BCUT2D eigenvalue weighted by atomic mass is 9.98. The number of hydrogen-bond acceptors (Lipinski definition) is 4. The van der Waals surface area contributed by atoms with Gasteiger partial charge < -0.3 is 19.1 Å². The maximum atomic E-state index is 12.6. The van der Waals surface area contributed by atoms with E-state index in [1.165, 1.54) is 0 Å². The molecule has 28 heavy (non-hydrogen) atoms. The van der Waals surface area contributed by atoms with Gasteiger partial charge in [-0.15, -0.1) is 0 Å². The van der Waals surface area contributed by atoms with Crippen LogP contribution in [-0.2, 0) is 11.3 Å². The van der Waals surface area contributed by atoms with Crippen molar-refractivity contribution in [3.63, 3.8) is 0 Å². The number of rotatable bonds is 6. The van der Waals surface area contributed by atoms with E-state index in [1.54, 1.807) is 10.6 Å². The van der Waals surface area contributed by atoms with Gasteiger partial charge in [0.1, 0.15) is 5.75 Å². The number of aryl methyl sites for hydroxylation is 1. The molecule has 0 atom stereocenters. The second kappa shape index (κ2) is 8.78. The summed E-state index contributed by atoms with van der Waals surface area (Å²) in [4.78, 5) is 29.1. The third kappa shape index (κ3) is 4.38. The molecule has 1 aromatic carbocycles. The average Bonchev–Trinajstić information content (AvgIpc) is 2.68. The summed E-state index contributed by atoms with van der Waals surface area (Å²) in [6.07, 6.45) is 0.878. The molecule has 0 radical (unpaired) electrons. The summed E-state index contributed by atoms with van der Waals surface area (Å²) >= 11 is 0. The van der Waals surface area contributed by atoms with E-state index in [4.69, 9.17) is 4.74 Å². The zero-order chi connectivity index (χ0) is 20.3. The lowest BCUT2D eigenvalue weighted by molar-refractivity contribution is -0.134. The first kappa shape index (κ1) is 20.4. The lowest BCUT2D eigenvalue weighted by Crippen LogP contribution is -2.48. The molecule has 1 saturated heterocycles. The highest BCUT2D eigenvalue weighted by Crippen LogP contribution is 2.27. The molecule has 0 aliphatic carbocycles. The number of likely N-dealkylation sites (N-methyl/N-ethyl adjacent to an activating group) is 1. The third-order valence-electron chi connectivity index (χ3n) is 5.40. The fourth-order valence-electron chi connectivity index (χ4n) is 3.70. The number of ether oxygens (including phenoxy) is 1. The number of carbonyl (C=O) groups is 1. The Morgan fingerprint density at radius 1 is 1.14 bits per heavy atom. The first-order chi connectivity index (χ1) is 13.4. The van der Waals surface area contributed by atoms with E-state index in [1.807, 2.05) is 23.1 Å². The zero-order valence-corrected chi connectivity index (χ0v) is 17.4. The maximum Gasteiger partial charge on any atom is 0.260 e. The number of nitrogens with zero attached hydrogens (tertiary/aromatic N) is 3. The van der Waals surface area contributed by atoms with Crippen LogP contribution in [-0.4, -0.2) is 60.1 Å². The number of fused-ring (bicyclic) bond motifs is 1. The molecule has 1 aliphatic rings. The molecule has 1 aromatic heterocycles. The minimum absolute atomic E-state index is 0.00933. The molecular formula is C22H31N3O3. The molecule has 0 unspecified atom stereocenters. The molecule has 1 fully saturated rings. The molecule has 0 spiro atoms. The molecular weight excluding hydrogens is 354 g/mol. The van der Waals surface area contributed by atoms with Gasteiger partial charge in [0.2, 0.25) is 0 Å². The minimum Gasteiger partial charge on any atom is -0.484 e. The third-order valence-corrected chi connectivity index (χ3v) is 5.40. The topological polar surface area (TPSA) is 54.8 Å². The molecule has 3 rings (SSSR count). The normalized spacial score (nSPS) is 15.4. The molecule has 0 bridgehead atoms. The van der Waals surface area contributed by atoms with Gasteiger partial charge in [-0.1, -0.05) is 20.8 Å². The van der Waals surface area contributed by atoms with Crippen LogP contribution in [0.1, 0.15) is 38.7 Å². The van der Waals surface area contributed by atoms with Gasteiger partial charge in [0.05, 0.1) is 5.52 Å². The smallest absolute Gasteiger partial charge is 0.260 e. The highest BCUT2D eigenvalue weighted by atomic mass is 16.5. The van der Waals surface area contributed by atoms with Gasteiger partial charge in [-0.05, 0) is 37.1 Å². The Labute approximate surface area is 166 Å². The summed E-state index contributed by atoms with van der Waals surface area (Å²) in [5, 5.41) is 1.07. The highest BCUT2D eigenvalue weighted by Gasteiger charge is 2.19. The number of carbonyl (C=O) groups excluding carboxylic acids is 1. The SMILES string of the molecule is CCCn1c(=O)cc(C(C)C)c2ccc(OCC(=O)N3CCN(C)CC3)cc21. The first-order valence-corrected chi connectivity index (χ1v) is 10.2. The number of aromatic nitrogens is 1. The predicted molar refractivity (Wildman–Crippen MR) is 112 cm³/mol. The minimum atomic E-state index is 0.00933. The lowest BCUT2D eigenvalue weighted by Gasteiger charge is -2.32. The number of benzene rings is 1. The van der Waals surface area contributed by atoms with Crippen LogP contribution in [0.2, 0.25) is 0 Å². The monoisotopic (exact) mass is 385 g/mol. The van der Waals surface area contributed by atoms with Crippen molar-refractivity contribution < 1.29 is 9.53 Å². The Bertz CT molecular complexity index is 896. The quantitative estimate of drug-likeness (QED) is 0.767. The molecule has 152 valence electrons. The van der Waals surface area contributed by atoms with E-state index < -0.39 is 0 Å². The van der Waals surface area contributed by atoms with Crippen molar-refractivity contribution in [1.82, 2.24) is 14.4 Å². The van der Waals surface area contributed by atoms with Gasteiger partial charge >= 0.3 is 0 Å². The molecule has 0 saturated carbocycles. The summed E-state index contributed by atoms with van der Waals surface area (Å²) < 4.78 is 7.61. The molecule has 2 aromatic rings. The van der Waals surface area contributed by atoms with Gasteiger partial charge in [-0.2, -0.15) is 0 Å². The molecule has 1 amide bonds. The van der Waals surface area contributed by atoms with E-state index in [9.17, 15) is 9.59 Å². The zero-order valence-electron chi connectivity index (χ0n) is 17.4. The van der Waals surface area contributed by atoms with Crippen LogP contribution in [0.15, 0.2) is 29.1 Å². The maximum absolute atomic E-state index is 12.6. The van der Waals surface area contributed by atoms with E-state index in [-0.39, 0.29) is 24.0 Å². The van der Waals surface area contributed by atoms with Crippen molar-refractivity contribution in [2.45, 2.75) is 39.7 Å². The fraction of sp³-hybridized carbons (Fsp3) is 0.545. The number of pyridine rings is 1. The van der Waals surface area contributed by atoms with E-state index >= 15 is 0 Å². The van der Waals surface area contributed by atoms with Gasteiger partial charge in [0, 0.05) is 50.2 Å². The van der Waals surface area contributed by atoms with Crippen molar-refractivity contribution in [3.05, 3.63) is 40.2 Å². The van der Waals surface area contributed by atoms with Crippen LogP contribution >= 0.6 is 0 Å². The van der Waals surface area contributed by atoms with Crippen molar-refractivity contribution in [1.29, 1.82) is 0 Å². The van der Waals surface area contributed by atoms with Gasteiger partial charge in [-0.3, -0.25) is 9.59 Å². The van der Waals surface area contributed by atoms with Gasteiger partial charge in [0.15, 0.2) is 6.61 Å². The Morgan fingerprint density at radius 3 is 2.50 bits per heavy atom. The van der Waals surface area contributed by atoms with Gasteiger partial charge in [0.25, 0.3) is 11.5 Å². The average molecular weight is 386 g/mol. The van der Waals surface area contributed by atoms with E-state index in [0.29, 0.717) is 12.3 Å². The molecule has 2 heterocycles. The largest absolute Gasteiger partial charge is 0.484 e. The van der Waals surface area contributed by atoms with E-state index in [0.717, 1.165) is 49.1 Å². The van der Waals surface area contributed by atoms with Crippen molar-refractivity contribution in [2.24, 2.45) is 0 Å². The van der Waals surface area contributed by atoms with Crippen LogP contribution in [0.3, 0.4) is 0 Å². The number of hydrogen-bond donors (Lipinski definition) is 0. The van der Waals surface area contributed by atoms with Crippen LogP contribution in [0.4, 0.5) is 0 Å². The summed E-state index contributed by atoms with van der Waals surface area (Å²) in [6.45, 7) is 10.2. The summed E-state index contributed by atoms with van der Waals surface area (Å²) in [6, 6.07) is 7.55. The van der Waals surface area contributed by atoms with Crippen molar-refractivity contribution in [3.8, 4) is 5.75 Å². The highest BCUT2D eigenvalue weighted by molar-refractivity contribution is 5.84. The number of amides is 1. The summed E-state index contributed by atoms with van der Waals surface area (Å²) in [7, 11) is 2.06. The van der Waals surface area contributed by atoms with Crippen molar-refractivity contribution >= 4 is 16.8 Å². The van der Waals surface area contributed by atoms with Crippen molar-refractivity contribution in [2.75, 3.05) is 39.8 Å². The standard InChI is InChI=1S/C22H31N3O3/c1-5-8-25-20-13-17(6-7-18(20)19(16(2)3)14-21(25)26)28-15-22(27)24-11-9-23(4)10-12-24/h6-7,13-14,16H,5,8-12,15H2,1-4H3. The molecule has 0 N–H and O–H groups in total. The van der Waals surface area contributed by atoms with Gasteiger partial charge in [-0.25, -0.2) is 0 Å². The Hall–Kier alpha value is -2.34. The Morgan fingerprint density at radius 2 is 1.86 bits per heavy atom. The molecule has 1 aliphatic heterocycles. The van der Waals surface area contributed by atoms with Crippen LogP contribution in [0.5, 0.6) is 5.75 Å². The van der Waals surface area contributed by atoms with Crippen LogP contribution in [0.25, 0.3) is 10.9 Å². The predicted octanol–water partition coefficient (Wildman–Crippen LogP) is 2.69. The first-order valence-electron chi connectivity index (χ1n) is 10.2. The summed E-state index contributed by atoms with van der Waals surface area (Å²) in [5.74, 6) is 0.896. The van der Waals surface area contributed by atoms with Crippen LogP contribution < -0.4 is 10.3 Å². The summed E-state index contributed by atoms with van der Waals surface area (Å²) in [5.41, 5.74) is 1.94.